The molecule has 94 valence electrons. The number of nitriles is 1. The Morgan fingerprint density at radius 2 is 2.11 bits per heavy atom. The molecular weight excluding hydrogens is 234 g/mol. The Labute approximate surface area is 113 Å². The van der Waals surface area contributed by atoms with Crippen molar-refractivity contribution in [3.8, 4) is 6.07 Å². The third-order valence-electron chi connectivity index (χ3n) is 3.38. The van der Waals surface area contributed by atoms with Gasteiger partial charge in [0.25, 0.3) is 0 Å². The van der Waals surface area contributed by atoms with Crippen molar-refractivity contribution >= 4 is 17.1 Å². The van der Waals surface area contributed by atoms with Crippen molar-refractivity contribution in [1.29, 1.82) is 5.26 Å². The number of aryl methyl sites for hydroxylation is 1. The van der Waals surface area contributed by atoms with Crippen LogP contribution >= 0.6 is 0 Å². The molecule has 0 amide bonds. The van der Waals surface area contributed by atoms with Crippen molar-refractivity contribution in [1.82, 2.24) is 0 Å². The smallest absolute Gasteiger partial charge is 0.0992 e. The highest BCUT2D eigenvalue weighted by molar-refractivity contribution is 5.79. The highest BCUT2D eigenvalue weighted by atomic mass is 15.2. The minimum Gasteiger partial charge on any atom is -0.382 e. The highest BCUT2D eigenvalue weighted by Crippen LogP contribution is 2.35. The Morgan fingerprint density at radius 3 is 2.89 bits per heavy atom. The summed E-state index contributed by atoms with van der Waals surface area (Å²) in [5.41, 5.74) is 5.32. The predicted molar refractivity (Wildman–Crippen MR) is 77.8 cm³/mol. The Balaban J connectivity index is 2.06. The topological polar surface area (TPSA) is 39.1 Å². The van der Waals surface area contributed by atoms with Crippen LogP contribution in [0.25, 0.3) is 0 Å². The second kappa shape index (κ2) is 4.66. The maximum absolute atomic E-state index is 8.97. The van der Waals surface area contributed by atoms with Crippen LogP contribution in [-0.2, 0) is 0 Å². The SMILES string of the molecule is Cc1cccc(N2CCNc3cc(C#N)ccc32)c1. The molecule has 0 atom stereocenters. The molecule has 1 heterocycles. The van der Waals surface area contributed by atoms with Crippen LogP contribution in [0, 0.1) is 18.3 Å². The Hall–Kier alpha value is -2.47. The maximum Gasteiger partial charge on any atom is 0.0992 e. The van der Waals surface area contributed by atoms with Crippen molar-refractivity contribution in [2.24, 2.45) is 0 Å². The fourth-order valence-electron chi connectivity index (χ4n) is 2.47. The van der Waals surface area contributed by atoms with E-state index >= 15 is 0 Å². The fraction of sp³-hybridized carbons (Fsp3) is 0.188. The van der Waals surface area contributed by atoms with Crippen molar-refractivity contribution < 1.29 is 0 Å². The lowest BCUT2D eigenvalue weighted by Crippen LogP contribution is -2.30. The average molecular weight is 249 g/mol. The van der Waals surface area contributed by atoms with Crippen molar-refractivity contribution in [3.63, 3.8) is 0 Å². The standard InChI is InChI=1S/C16H15N3/c1-12-3-2-4-14(9-12)19-8-7-18-15-10-13(11-17)5-6-16(15)19/h2-6,9-10,18H,7-8H2,1H3. The van der Waals surface area contributed by atoms with Gasteiger partial charge in [-0.15, -0.1) is 0 Å². The van der Waals surface area contributed by atoms with Gasteiger partial charge in [0.1, 0.15) is 0 Å². The number of benzene rings is 2. The monoisotopic (exact) mass is 249 g/mol. The van der Waals surface area contributed by atoms with Gasteiger partial charge < -0.3 is 10.2 Å². The van der Waals surface area contributed by atoms with Crippen LogP contribution in [0.3, 0.4) is 0 Å². The molecule has 3 nitrogen and oxygen atoms in total. The number of hydrogen-bond acceptors (Lipinski definition) is 3. The molecule has 0 saturated carbocycles. The van der Waals surface area contributed by atoms with Crippen molar-refractivity contribution in [2.75, 3.05) is 23.3 Å². The number of nitrogens with one attached hydrogen (secondary N) is 1. The molecule has 0 saturated heterocycles. The van der Waals surface area contributed by atoms with Gasteiger partial charge in [-0.05, 0) is 42.8 Å². The van der Waals surface area contributed by atoms with Crippen LogP contribution in [0.2, 0.25) is 0 Å². The van der Waals surface area contributed by atoms with E-state index in [1.807, 2.05) is 18.2 Å². The Morgan fingerprint density at radius 1 is 1.21 bits per heavy atom. The van der Waals surface area contributed by atoms with Gasteiger partial charge in [0, 0.05) is 18.8 Å². The molecule has 3 rings (SSSR count). The number of rotatable bonds is 1. The molecule has 0 fully saturated rings. The first-order valence-corrected chi connectivity index (χ1v) is 6.40. The van der Waals surface area contributed by atoms with E-state index in [0.29, 0.717) is 5.56 Å². The fourth-order valence-corrected chi connectivity index (χ4v) is 2.47. The Kier molecular flexibility index (Phi) is 2.85. The molecule has 0 radical (unpaired) electrons. The number of fused-ring (bicyclic) bond motifs is 1. The second-order valence-electron chi connectivity index (χ2n) is 4.76. The molecule has 1 N–H and O–H groups in total. The summed E-state index contributed by atoms with van der Waals surface area (Å²) in [5.74, 6) is 0. The van der Waals surface area contributed by atoms with Gasteiger partial charge in [-0.1, -0.05) is 12.1 Å². The van der Waals surface area contributed by atoms with Crippen molar-refractivity contribution in [2.45, 2.75) is 6.92 Å². The van der Waals surface area contributed by atoms with E-state index in [2.05, 4.69) is 47.5 Å². The van der Waals surface area contributed by atoms with Crippen LogP contribution in [-0.4, -0.2) is 13.1 Å². The van der Waals surface area contributed by atoms with E-state index in [1.165, 1.54) is 11.3 Å². The van der Waals surface area contributed by atoms with E-state index in [0.717, 1.165) is 24.5 Å². The highest BCUT2D eigenvalue weighted by Gasteiger charge is 2.18. The average Bonchev–Trinajstić information content (AvgIpc) is 2.46. The quantitative estimate of drug-likeness (QED) is 0.841. The van der Waals surface area contributed by atoms with Gasteiger partial charge in [-0.2, -0.15) is 5.26 Å². The zero-order valence-corrected chi connectivity index (χ0v) is 10.9. The third kappa shape index (κ3) is 2.13. The van der Waals surface area contributed by atoms with Crippen LogP contribution in [0.4, 0.5) is 17.1 Å². The minimum atomic E-state index is 0.692. The van der Waals surface area contributed by atoms with Crippen LogP contribution < -0.4 is 10.2 Å². The molecular formula is C16H15N3. The molecule has 0 aromatic heterocycles. The molecule has 0 unspecified atom stereocenters. The minimum absolute atomic E-state index is 0.692. The summed E-state index contributed by atoms with van der Waals surface area (Å²) in [5, 5.41) is 12.3. The molecule has 19 heavy (non-hydrogen) atoms. The maximum atomic E-state index is 8.97. The summed E-state index contributed by atoms with van der Waals surface area (Å²) >= 11 is 0. The summed E-state index contributed by atoms with van der Waals surface area (Å²) < 4.78 is 0. The normalized spacial score (nSPS) is 13.4. The van der Waals surface area contributed by atoms with E-state index in [-0.39, 0.29) is 0 Å². The van der Waals surface area contributed by atoms with Crippen molar-refractivity contribution in [3.05, 3.63) is 53.6 Å². The summed E-state index contributed by atoms with van der Waals surface area (Å²) in [7, 11) is 0. The molecule has 0 aliphatic carbocycles. The molecule has 0 bridgehead atoms. The summed E-state index contributed by atoms with van der Waals surface area (Å²) in [6.45, 7) is 3.92. The lowest BCUT2D eigenvalue weighted by molar-refractivity contribution is 0.926. The summed E-state index contributed by atoms with van der Waals surface area (Å²) in [6.07, 6.45) is 0. The summed E-state index contributed by atoms with van der Waals surface area (Å²) in [6, 6.07) is 16.5. The Bertz CT molecular complexity index is 655. The van der Waals surface area contributed by atoms with Crippen LogP contribution in [0.1, 0.15) is 11.1 Å². The zero-order valence-electron chi connectivity index (χ0n) is 10.9. The second-order valence-corrected chi connectivity index (χ2v) is 4.76. The zero-order chi connectivity index (χ0) is 13.2. The molecule has 2 aromatic rings. The third-order valence-corrected chi connectivity index (χ3v) is 3.38. The van der Waals surface area contributed by atoms with Crippen LogP contribution in [0.15, 0.2) is 42.5 Å². The number of anilines is 3. The first-order valence-electron chi connectivity index (χ1n) is 6.40. The molecule has 3 heteroatoms. The number of nitrogens with zero attached hydrogens (tertiary/aromatic N) is 2. The molecule has 1 aliphatic heterocycles. The van der Waals surface area contributed by atoms with Gasteiger partial charge >= 0.3 is 0 Å². The van der Waals surface area contributed by atoms with E-state index in [9.17, 15) is 0 Å². The van der Waals surface area contributed by atoms with Gasteiger partial charge in [0.15, 0.2) is 0 Å². The van der Waals surface area contributed by atoms with Gasteiger partial charge in [-0.25, -0.2) is 0 Å². The summed E-state index contributed by atoms with van der Waals surface area (Å²) in [4.78, 5) is 2.29. The van der Waals surface area contributed by atoms with E-state index in [4.69, 9.17) is 5.26 Å². The van der Waals surface area contributed by atoms with E-state index in [1.54, 1.807) is 0 Å². The van der Waals surface area contributed by atoms with Gasteiger partial charge in [0.05, 0.1) is 23.0 Å². The first kappa shape index (κ1) is 11.6. The lowest BCUT2D eigenvalue weighted by atomic mass is 10.1. The first-order chi connectivity index (χ1) is 9.28. The van der Waals surface area contributed by atoms with Crippen LogP contribution in [0.5, 0.6) is 0 Å². The largest absolute Gasteiger partial charge is 0.382 e. The van der Waals surface area contributed by atoms with E-state index < -0.39 is 0 Å². The van der Waals surface area contributed by atoms with Gasteiger partial charge in [-0.3, -0.25) is 0 Å². The number of hydrogen-bond donors (Lipinski definition) is 1. The van der Waals surface area contributed by atoms with Gasteiger partial charge in [0.2, 0.25) is 0 Å². The molecule has 2 aromatic carbocycles. The molecule has 1 aliphatic rings. The predicted octanol–water partition coefficient (Wildman–Crippen LogP) is 3.43. The molecule has 0 spiro atoms. The lowest BCUT2D eigenvalue weighted by Gasteiger charge is -2.32.